The average molecular weight is 279 g/mol. The van der Waals surface area contributed by atoms with Gasteiger partial charge in [0.25, 0.3) is 0 Å². The number of hydrogen-bond donors (Lipinski definition) is 1. The molecule has 0 aromatic heterocycles. The van der Waals surface area contributed by atoms with E-state index in [2.05, 4.69) is 10.1 Å². The van der Waals surface area contributed by atoms with Crippen molar-refractivity contribution in [3.8, 4) is 0 Å². The molecule has 1 aromatic rings. The van der Waals surface area contributed by atoms with Crippen LogP contribution in [0.3, 0.4) is 0 Å². The molecule has 0 saturated carbocycles. The molecule has 20 heavy (non-hydrogen) atoms. The fourth-order valence-corrected chi connectivity index (χ4v) is 1.68. The third-order valence-corrected chi connectivity index (χ3v) is 2.78. The fraction of sp³-hybridized carbons (Fsp3) is 0.467. The lowest BCUT2D eigenvalue weighted by Gasteiger charge is -2.19. The van der Waals surface area contributed by atoms with Gasteiger partial charge < -0.3 is 14.8 Å². The predicted octanol–water partition coefficient (Wildman–Crippen LogP) is 1.52. The number of nitrogens with one attached hydrogen (secondary N) is 1. The van der Waals surface area contributed by atoms with E-state index in [1.54, 1.807) is 0 Å². The Kier molecular flexibility index (Phi) is 6.73. The van der Waals surface area contributed by atoms with Gasteiger partial charge in [-0.3, -0.25) is 4.79 Å². The first kappa shape index (κ1) is 16.2. The average Bonchev–Trinajstić information content (AvgIpc) is 2.45. The van der Waals surface area contributed by atoms with Gasteiger partial charge in [0.15, 0.2) is 0 Å². The van der Waals surface area contributed by atoms with Crippen molar-refractivity contribution in [2.75, 3.05) is 13.7 Å². The lowest BCUT2D eigenvalue weighted by atomic mass is 10.0. The molecule has 1 N–H and O–H groups in total. The molecule has 0 aliphatic heterocycles. The van der Waals surface area contributed by atoms with Crippen molar-refractivity contribution in [3.05, 3.63) is 35.9 Å². The highest BCUT2D eigenvalue weighted by molar-refractivity contribution is 5.85. The normalized spacial score (nSPS) is 12.0. The summed E-state index contributed by atoms with van der Waals surface area (Å²) >= 11 is 0. The van der Waals surface area contributed by atoms with Gasteiger partial charge in [-0.25, -0.2) is 4.79 Å². The minimum absolute atomic E-state index is 0.0412. The summed E-state index contributed by atoms with van der Waals surface area (Å²) in [5, 5.41) is 2.61. The summed E-state index contributed by atoms with van der Waals surface area (Å²) in [7, 11) is 1.30. The van der Waals surface area contributed by atoms with Gasteiger partial charge in [0.2, 0.25) is 5.91 Å². The number of carbonyl (C=O) groups is 2. The Morgan fingerprint density at radius 2 is 1.85 bits per heavy atom. The number of carbonyl (C=O) groups excluding carboxylic acids is 2. The van der Waals surface area contributed by atoms with Crippen LogP contribution in [0.5, 0.6) is 0 Å². The van der Waals surface area contributed by atoms with E-state index < -0.39 is 12.0 Å². The van der Waals surface area contributed by atoms with E-state index >= 15 is 0 Å². The summed E-state index contributed by atoms with van der Waals surface area (Å²) in [6.07, 6.45) is 0. The number of methoxy groups -OCH3 is 1. The van der Waals surface area contributed by atoms with Crippen molar-refractivity contribution in [2.24, 2.45) is 5.92 Å². The lowest BCUT2D eigenvalue weighted by molar-refractivity contribution is -0.147. The largest absolute Gasteiger partial charge is 0.467 e. The highest BCUT2D eigenvalue weighted by Gasteiger charge is 2.24. The van der Waals surface area contributed by atoms with Gasteiger partial charge in [-0.1, -0.05) is 44.2 Å². The first-order valence-corrected chi connectivity index (χ1v) is 6.53. The highest BCUT2D eigenvalue weighted by Crippen LogP contribution is 2.04. The molecule has 110 valence electrons. The Morgan fingerprint density at radius 3 is 2.40 bits per heavy atom. The second-order valence-corrected chi connectivity index (χ2v) is 4.79. The Labute approximate surface area is 119 Å². The second-order valence-electron chi connectivity index (χ2n) is 4.79. The van der Waals surface area contributed by atoms with E-state index in [-0.39, 0.29) is 18.4 Å². The zero-order chi connectivity index (χ0) is 15.0. The molecule has 0 bridgehead atoms. The number of ether oxygens (including phenoxy) is 2. The van der Waals surface area contributed by atoms with E-state index in [1.807, 2.05) is 44.2 Å². The Hall–Kier alpha value is -1.88. The van der Waals surface area contributed by atoms with Crippen molar-refractivity contribution < 1.29 is 19.1 Å². The molecule has 0 spiro atoms. The summed E-state index contributed by atoms with van der Waals surface area (Å²) in [5.41, 5.74) is 0.994. The quantitative estimate of drug-likeness (QED) is 0.769. The summed E-state index contributed by atoms with van der Waals surface area (Å²) in [4.78, 5) is 23.2. The molecule has 1 amide bonds. The molecule has 0 saturated heterocycles. The van der Waals surface area contributed by atoms with Crippen molar-refractivity contribution >= 4 is 11.9 Å². The van der Waals surface area contributed by atoms with Gasteiger partial charge >= 0.3 is 5.97 Å². The van der Waals surface area contributed by atoms with Crippen LogP contribution in [0.25, 0.3) is 0 Å². The molecule has 0 unspecified atom stereocenters. The number of amides is 1. The van der Waals surface area contributed by atoms with E-state index in [0.29, 0.717) is 6.61 Å². The van der Waals surface area contributed by atoms with Gasteiger partial charge in [0.05, 0.1) is 13.7 Å². The molecule has 5 nitrogen and oxygen atoms in total. The van der Waals surface area contributed by atoms with Crippen LogP contribution in [0.15, 0.2) is 30.3 Å². The van der Waals surface area contributed by atoms with Gasteiger partial charge in [-0.2, -0.15) is 0 Å². The molecule has 1 aromatic carbocycles. The standard InChI is InChI=1S/C15H21NO4/c1-11(2)14(15(18)19-3)16-13(17)10-20-9-12-7-5-4-6-8-12/h4-8,11,14H,9-10H2,1-3H3,(H,16,17)/t14-/m1/s1. The van der Waals surface area contributed by atoms with E-state index in [4.69, 9.17) is 4.74 Å². The van der Waals surface area contributed by atoms with Crippen LogP contribution in [-0.2, 0) is 25.7 Å². The maximum absolute atomic E-state index is 11.7. The Morgan fingerprint density at radius 1 is 1.20 bits per heavy atom. The molecular formula is C15H21NO4. The molecule has 0 fully saturated rings. The molecule has 5 heteroatoms. The number of rotatable bonds is 7. The van der Waals surface area contributed by atoms with E-state index in [1.165, 1.54) is 7.11 Å². The topological polar surface area (TPSA) is 64.6 Å². The Bertz CT molecular complexity index is 431. The third kappa shape index (κ3) is 5.40. The first-order valence-electron chi connectivity index (χ1n) is 6.53. The molecule has 0 radical (unpaired) electrons. The summed E-state index contributed by atoms with van der Waals surface area (Å²) in [6, 6.07) is 8.93. The van der Waals surface area contributed by atoms with Crippen LogP contribution in [0.2, 0.25) is 0 Å². The molecule has 0 aliphatic rings. The third-order valence-electron chi connectivity index (χ3n) is 2.78. The number of benzene rings is 1. The summed E-state index contributed by atoms with van der Waals surface area (Å²) in [6.45, 7) is 3.95. The molecule has 0 heterocycles. The second kappa shape index (κ2) is 8.32. The molecule has 1 atom stereocenters. The van der Waals surface area contributed by atoms with Crippen molar-refractivity contribution in [1.82, 2.24) is 5.32 Å². The summed E-state index contributed by atoms with van der Waals surface area (Å²) in [5.74, 6) is -0.818. The first-order chi connectivity index (χ1) is 9.54. The van der Waals surface area contributed by atoms with Gasteiger partial charge in [0, 0.05) is 0 Å². The van der Waals surface area contributed by atoms with Gasteiger partial charge in [-0.05, 0) is 11.5 Å². The van der Waals surface area contributed by atoms with Crippen LogP contribution in [0.1, 0.15) is 19.4 Å². The van der Waals surface area contributed by atoms with Crippen LogP contribution in [0.4, 0.5) is 0 Å². The molecule has 1 rings (SSSR count). The SMILES string of the molecule is COC(=O)[C@H](NC(=O)COCc1ccccc1)C(C)C. The predicted molar refractivity (Wildman–Crippen MR) is 74.9 cm³/mol. The maximum atomic E-state index is 11.7. The van der Waals surface area contributed by atoms with Crippen molar-refractivity contribution in [2.45, 2.75) is 26.5 Å². The number of hydrogen-bond acceptors (Lipinski definition) is 4. The highest BCUT2D eigenvalue weighted by atomic mass is 16.5. The van der Waals surface area contributed by atoms with Gasteiger partial charge in [-0.15, -0.1) is 0 Å². The minimum Gasteiger partial charge on any atom is -0.467 e. The van der Waals surface area contributed by atoms with Crippen LogP contribution >= 0.6 is 0 Å². The van der Waals surface area contributed by atoms with Gasteiger partial charge in [0.1, 0.15) is 12.6 Å². The van der Waals surface area contributed by atoms with Crippen molar-refractivity contribution in [1.29, 1.82) is 0 Å². The van der Waals surface area contributed by atoms with E-state index in [0.717, 1.165) is 5.56 Å². The summed E-state index contributed by atoms with van der Waals surface area (Å²) < 4.78 is 9.97. The zero-order valence-electron chi connectivity index (χ0n) is 12.1. The van der Waals surface area contributed by atoms with Crippen LogP contribution in [-0.4, -0.2) is 31.6 Å². The van der Waals surface area contributed by atoms with E-state index in [9.17, 15) is 9.59 Å². The van der Waals surface area contributed by atoms with Crippen LogP contribution in [0, 0.1) is 5.92 Å². The van der Waals surface area contributed by atoms with Crippen LogP contribution < -0.4 is 5.32 Å². The monoisotopic (exact) mass is 279 g/mol. The zero-order valence-corrected chi connectivity index (χ0v) is 12.1. The maximum Gasteiger partial charge on any atom is 0.328 e. The number of esters is 1. The molecular weight excluding hydrogens is 258 g/mol. The lowest BCUT2D eigenvalue weighted by Crippen LogP contribution is -2.46. The fourth-order valence-electron chi connectivity index (χ4n) is 1.68. The smallest absolute Gasteiger partial charge is 0.328 e. The Balaban J connectivity index is 2.37. The van der Waals surface area contributed by atoms with Crippen molar-refractivity contribution in [3.63, 3.8) is 0 Å². The minimum atomic E-state index is -0.646. The molecule has 0 aliphatic carbocycles.